The predicted molar refractivity (Wildman–Crippen MR) is 125 cm³/mol. The summed E-state index contributed by atoms with van der Waals surface area (Å²) in [6, 6.07) is 4.32. The van der Waals surface area contributed by atoms with Gasteiger partial charge in [-0.15, -0.1) is 0 Å². The molecule has 11 heteroatoms. The van der Waals surface area contributed by atoms with Crippen molar-refractivity contribution in [1.29, 1.82) is 0 Å². The van der Waals surface area contributed by atoms with Crippen molar-refractivity contribution in [3.05, 3.63) is 29.8 Å². The van der Waals surface area contributed by atoms with Crippen LogP contribution in [0.3, 0.4) is 0 Å². The van der Waals surface area contributed by atoms with E-state index in [1.807, 2.05) is 0 Å². The number of amides is 2. The van der Waals surface area contributed by atoms with Crippen molar-refractivity contribution in [1.82, 2.24) is 14.9 Å². The monoisotopic (exact) mass is 495 g/mol. The van der Waals surface area contributed by atoms with Crippen LogP contribution in [0.15, 0.2) is 34.7 Å². The smallest absolute Gasteiger partial charge is 0.309 e. The molecule has 0 saturated carbocycles. The van der Waals surface area contributed by atoms with Crippen molar-refractivity contribution in [2.45, 2.75) is 49.6 Å². The van der Waals surface area contributed by atoms with Gasteiger partial charge in [0.25, 0.3) is 0 Å². The minimum Gasteiger partial charge on any atom is -0.493 e. The highest BCUT2D eigenvalue weighted by Crippen LogP contribution is 2.31. The number of rotatable bonds is 9. The molecule has 1 fully saturated rings. The quantitative estimate of drug-likeness (QED) is 0.394. The van der Waals surface area contributed by atoms with Gasteiger partial charge in [-0.25, -0.2) is 8.42 Å². The second kappa shape index (κ2) is 12.2. The first-order valence-corrected chi connectivity index (χ1v) is 12.9. The zero-order valence-corrected chi connectivity index (χ0v) is 20.5. The van der Waals surface area contributed by atoms with Crippen LogP contribution in [0.25, 0.3) is 0 Å². The molecule has 0 spiro atoms. The average Bonchev–Trinajstić information content (AvgIpc) is 2.87. The highest BCUT2D eigenvalue weighted by atomic mass is 32.2. The van der Waals surface area contributed by atoms with E-state index in [1.54, 1.807) is 0 Å². The van der Waals surface area contributed by atoms with E-state index < -0.39 is 28.1 Å². The van der Waals surface area contributed by atoms with Crippen molar-refractivity contribution >= 4 is 21.8 Å². The Morgan fingerprint density at radius 3 is 2.56 bits per heavy atom. The number of hydrogen-bond acceptors (Lipinski definition) is 7. The third-order valence-electron chi connectivity index (χ3n) is 5.88. The Bertz CT molecular complexity index is 1010. The number of methoxy groups -OCH3 is 2. The second-order valence-corrected chi connectivity index (χ2v) is 10.0. The Balaban J connectivity index is 1.58. The molecule has 0 bridgehead atoms. The minimum atomic E-state index is -3.95. The lowest BCUT2D eigenvalue weighted by Gasteiger charge is -2.34. The molecule has 2 amide bonds. The van der Waals surface area contributed by atoms with E-state index in [-0.39, 0.29) is 23.7 Å². The number of sulfonamides is 1. The van der Waals surface area contributed by atoms with Crippen LogP contribution in [0, 0.1) is 0 Å². The Kier molecular flexibility index (Phi) is 9.31. The molecule has 3 rings (SSSR count). The Labute approximate surface area is 200 Å². The SMILES string of the molecule is COc1ccc(S(=O)(=O)N2CCCOC2CNC(=O)C(=O)NCCC2=CCCCC2)cc1OC. The lowest BCUT2D eigenvalue weighted by molar-refractivity contribution is -0.140. The summed E-state index contributed by atoms with van der Waals surface area (Å²) >= 11 is 0. The van der Waals surface area contributed by atoms with Gasteiger partial charge in [-0.3, -0.25) is 9.59 Å². The zero-order chi connectivity index (χ0) is 24.6. The minimum absolute atomic E-state index is 0.0155. The number of carbonyl (C=O) groups excluding carboxylic acids is 2. The summed E-state index contributed by atoms with van der Waals surface area (Å²) in [5.74, 6) is -0.880. The lowest BCUT2D eigenvalue weighted by Crippen LogP contribution is -2.53. The molecule has 188 valence electrons. The van der Waals surface area contributed by atoms with Gasteiger partial charge < -0.3 is 24.8 Å². The van der Waals surface area contributed by atoms with Gasteiger partial charge >= 0.3 is 11.8 Å². The van der Waals surface area contributed by atoms with Crippen LogP contribution in [0.4, 0.5) is 0 Å². The van der Waals surface area contributed by atoms with E-state index in [4.69, 9.17) is 14.2 Å². The number of nitrogens with one attached hydrogen (secondary N) is 2. The highest BCUT2D eigenvalue weighted by molar-refractivity contribution is 7.89. The van der Waals surface area contributed by atoms with E-state index in [1.165, 1.54) is 48.7 Å². The molecule has 2 N–H and O–H groups in total. The largest absolute Gasteiger partial charge is 0.493 e. The van der Waals surface area contributed by atoms with Gasteiger partial charge in [-0.1, -0.05) is 11.6 Å². The van der Waals surface area contributed by atoms with Crippen LogP contribution in [0.5, 0.6) is 11.5 Å². The standard InChI is InChI=1S/C23H33N3O7S/c1-31-19-10-9-18(15-20(19)32-2)34(29,30)26-13-6-14-33-21(26)16-25-23(28)22(27)24-12-11-17-7-4-3-5-8-17/h7,9-10,15,21H,3-6,8,11-14,16H2,1-2H3,(H,24,27)(H,25,28). The number of nitrogens with zero attached hydrogens (tertiary/aromatic N) is 1. The van der Waals surface area contributed by atoms with Gasteiger partial charge in [0.15, 0.2) is 11.5 Å². The summed E-state index contributed by atoms with van der Waals surface area (Å²) in [6.07, 6.45) is 6.94. The molecule has 1 heterocycles. The molecule has 10 nitrogen and oxygen atoms in total. The van der Waals surface area contributed by atoms with Gasteiger partial charge in [-0.05, 0) is 50.7 Å². The highest BCUT2D eigenvalue weighted by Gasteiger charge is 2.35. The third-order valence-corrected chi connectivity index (χ3v) is 7.76. The summed E-state index contributed by atoms with van der Waals surface area (Å²) in [5.41, 5.74) is 1.30. The van der Waals surface area contributed by atoms with Crippen LogP contribution in [0.2, 0.25) is 0 Å². The molecule has 1 atom stereocenters. The van der Waals surface area contributed by atoms with E-state index in [0.717, 1.165) is 25.7 Å². The molecule has 1 unspecified atom stereocenters. The van der Waals surface area contributed by atoms with Gasteiger partial charge in [0.1, 0.15) is 6.23 Å². The molecule has 1 aromatic carbocycles. The van der Waals surface area contributed by atoms with E-state index in [9.17, 15) is 18.0 Å². The number of carbonyl (C=O) groups is 2. The number of allylic oxidation sites excluding steroid dienone is 1. The van der Waals surface area contributed by atoms with Crippen molar-refractivity contribution in [3.8, 4) is 11.5 Å². The fourth-order valence-corrected chi connectivity index (χ4v) is 5.61. The Morgan fingerprint density at radius 2 is 1.85 bits per heavy atom. The molecule has 2 aliphatic rings. The second-order valence-electron chi connectivity index (χ2n) is 8.14. The lowest BCUT2D eigenvalue weighted by atomic mass is 9.97. The normalized spacial score (nSPS) is 19.1. The zero-order valence-electron chi connectivity index (χ0n) is 19.7. The molecule has 0 aromatic heterocycles. The topological polar surface area (TPSA) is 123 Å². The van der Waals surface area contributed by atoms with Crippen LogP contribution >= 0.6 is 0 Å². The van der Waals surface area contributed by atoms with Crippen molar-refractivity contribution < 1.29 is 32.2 Å². The first-order chi connectivity index (χ1) is 16.4. The van der Waals surface area contributed by atoms with Crippen molar-refractivity contribution in [2.75, 3.05) is 40.5 Å². The maximum absolute atomic E-state index is 13.3. The van der Waals surface area contributed by atoms with Crippen molar-refractivity contribution in [2.24, 2.45) is 0 Å². The molecule has 1 saturated heterocycles. The summed E-state index contributed by atoms with van der Waals surface area (Å²) in [6.45, 7) is 0.806. The van der Waals surface area contributed by atoms with E-state index in [2.05, 4.69) is 16.7 Å². The van der Waals surface area contributed by atoms with Crippen LogP contribution in [-0.4, -0.2) is 71.2 Å². The number of ether oxygens (including phenoxy) is 3. The van der Waals surface area contributed by atoms with E-state index in [0.29, 0.717) is 25.3 Å². The molecule has 1 aliphatic carbocycles. The summed E-state index contributed by atoms with van der Waals surface area (Å²) in [7, 11) is -1.06. The first kappa shape index (κ1) is 26.0. The Hall–Kier alpha value is -2.63. The summed E-state index contributed by atoms with van der Waals surface area (Å²) in [5, 5.41) is 5.11. The molecular weight excluding hydrogens is 462 g/mol. The fraction of sp³-hybridized carbons (Fsp3) is 0.565. The number of hydrogen-bond donors (Lipinski definition) is 2. The molecule has 1 aromatic rings. The van der Waals surface area contributed by atoms with Crippen LogP contribution in [-0.2, 0) is 24.3 Å². The van der Waals surface area contributed by atoms with Gasteiger partial charge in [0, 0.05) is 19.2 Å². The maximum Gasteiger partial charge on any atom is 0.309 e. The van der Waals surface area contributed by atoms with Gasteiger partial charge in [-0.2, -0.15) is 4.31 Å². The fourth-order valence-electron chi connectivity index (χ4n) is 4.02. The summed E-state index contributed by atoms with van der Waals surface area (Å²) in [4.78, 5) is 24.4. The van der Waals surface area contributed by atoms with Gasteiger partial charge in [0.2, 0.25) is 10.0 Å². The number of benzene rings is 1. The van der Waals surface area contributed by atoms with E-state index >= 15 is 0 Å². The van der Waals surface area contributed by atoms with Gasteiger partial charge in [0.05, 0.1) is 32.3 Å². The first-order valence-electron chi connectivity index (χ1n) is 11.5. The maximum atomic E-state index is 13.3. The molecule has 0 radical (unpaired) electrons. The Morgan fingerprint density at radius 1 is 1.09 bits per heavy atom. The average molecular weight is 496 g/mol. The predicted octanol–water partition coefficient (Wildman–Crippen LogP) is 1.56. The van der Waals surface area contributed by atoms with Crippen molar-refractivity contribution in [3.63, 3.8) is 0 Å². The summed E-state index contributed by atoms with van der Waals surface area (Å²) < 4.78 is 43.8. The molecule has 1 aliphatic heterocycles. The van der Waals surface area contributed by atoms with Crippen LogP contribution < -0.4 is 20.1 Å². The third kappa shape index (κ3) is 6.49. The van der Waals surface area contributed by atoms with Crippen LogP contribution in [0.1, 0.15) is 38.5 Å². The molecule has 34 heavy (non-hydrogen) atoms. The molecular formula is C23H33N3O7S.